The van der Waals surface area contributed by atoms with E-state index < -0.39 is 8.07 Å². The van der Waals surface area contributed by atoms with E-state index in [1.54, 1.807) is 11.3 Å². The van der Waals surface area contributed by atoms with Gasteiger partial charge in [-0.25, -0.2) is 0 Å². The number of nitrogens with one attached hydrogen (secondary N) is 1. The first-order valence-electron chi connectivity index (χ1n) is 6.25. The maximum atomic E-state index is 12.3. The van der Waals surface area contributed by atoms with Gasteiger partial charge in [0.05, 0.1) is 13.6 Å². The first-order valence-corrected chi connectivity index (χ1v) is 10.6. The van der Waals surface area contributed by atoms with E-state index in [4.69, 9.17) is 0 Å². The van der Waals surface area contributed by atoms with Crippen LogP contribution in [0.3, 0.4) is 0 Å². The first-order chi connectivity index (χ1) is 8.45. The minimum Gasteiger partial charge on any atom is -0.352 e. The van der Waals surface area contributed by atoms with Crippen molar-refractivity contribution in [3.63, 3.8) is 0 Å². The summed E-state index contributed by atoms with van der Waals surface area (Å²) in [5, 5.41) is 4.05. The largest absolute Gasteiger partial charge is 0.352 e. The van der Waals surface area contributed by atoms with E-state index in [0.29, 0.717) is 6.54 Å². The molecule has 96 valence electrons. The van der Waals surface area contributed by atoms with Gasteiger partial charge in [0.15, 0.2) is 0 Å². The summed E-state index contributed by atoms with van der Waals surface area (Å²) >= 11 is 1.79. The molecule has 0 saturated carbocycles. The number of carbonyl (C=O) groups excluding carboxylic acids is 1. The maximum Gasteiger partial charge on any atom is 0.252 e. The highest BCUT2D eigenvalue weighted by Gasteiger charge is 2.27. The molecule has 0 atom stereocenters. The van der Waals surface area contributed by atoms with Gasteiger partial charge < -0.3 is 5.32 Å². The lowest BCUT2D eigenvalue weighted by Gasteiger charge is -2.16. The predicted molar refractivity (Wildman–Crippen MR) is 82.8 cm³/mol. The van der Waals surface area contributed by atoms with Crippen molar-refractivity contribution in [2.75, 3.05) is 6.54 Å². The Labute approximate surface area is 113 Å². The minimum atomic E-state index is -1.50. The fourth-order valence-electron chi connectivity index (χ4n) is 2.05. The number of rotatable bonds is 3. The number of benzene rings is 1. The van der Waals surface area contributed by atoms with Crippen LogP contribution in [0.4, 0.5) is 0 Å². The molecule has 0 aliphatic carbocycles. The van der Waals surface area contributed by atoms with Crippen LogP contribution in [0.15, 0.2) is 24.3 Å². The Hall–Kier alpha value is -1.13. The molecule has 0 radical (unpaired) electrons. The van der Waals surface area contributed by atoms with Crippen LogP contribution in [0, 0.1) is 0 Å². The molecule has 18 heavy (non-hydrogen) atoms. The summed E-state index contributed by atoms with van der Waals surface area (Å²) in [7, 11) is -1.50. The van der Waals surface area contributed by atoms with Gasteiger partial charge in [-0.05, 0) is 13.0 Å². The molecule has 4 heteroatoms. The zero-order valence-electron chi connectivity index (χ0n) is 11.3. The van der Waals surface area contributed by atoms with Crippen LogP contribution >= 0.6 is 11.3 Å². The van der Waals surface area contributed by atoms with Crippen molar-refractivity contribution in [2.45, 2.75) is 26.6 Å². The van der Waals surface area contributed by atoms with E-state index in [9.17, 15) is 4.79 Å². The lowest BCUT2D eigenvalue weighted by atomic mass is 10.1. The monoisotopic (exact) mass is 277 g/mol. The smallest absolute Gasteiger partial charge is 0.252 e. The molecule has 0 unspecified atom stereocenters. The SMILES string of the molecule is CCNC(=O)c1c([Si](C)(C)C)sc2ccccc12. The van der Waals surface area contributed by atoms with Gasteiger partial charge in [0.25, 0.3) is 5.91 Å². The third-order valence-electron chi connectivity index (χ3n) is 2.84. The maximum absolute atomic E-state index is 12.3. The normalized spacial score (nSPS) is 11.8. The number of hydrogen-bond donors (Lipinski definition) is 1. The lowest BCUT2D eigenvalue weighted by molar-refractivity contribution is 0.0959. The van der Waals surface area contributed by atoms with Gasteiger partial charge in [-0.2, -0.15) is 0 Å². The highest BCUT2D eigenvalue weighted by molar-refractivity contribution is 7.32. The molecule has 2 aromatic rings. The van der Waals surface area contributed by atoms with E-state index in [1.807, 2.05) is 19.1 Å². The van der Waals surface area contributed by atoms with Crippen molar-refractivity contribution < 1.29 is 4.79 Å². The molecule has 2 nitrogen and oxygen atoms in total. The van der Waals surface area contributed by atoms with E-state index >= 15 is 0 Å². The van der Waals surface area contributed by atoms with Gasteiger partial charge in [-0.1, -0.05) is 37.8 Å². The van der Waals surface area contributed by atoms with Crippen molar-refractivity contribution in [1.82, 2.24) is 5.32 Å². The Kier molecular flexibility index (Phi) is 3.59. The Morgan fingerprint density at radius 3 is 2.56 bits per heavy atom. The number of carbonyl (C=O) groups is 1. The summed E-state index contributed by atoms with van der Waals surface area (Å²) in [6, 6.07) is 8.20. The molecule has 0 aliphatic rings. The Morgan fingerprint density at radius 1 is 1.28 bits per heavy atom. The summed E-state index contributed by atoms with van der Waals surface area (Å²) < 4.78 is 2.52. The van der Waals surface area contributed by atoms with Crippen molar-refractivity contribution in [3.05, 3.63) is 29.8 Å². The van der Waals surface area contributed by atoms with Gasteiger partial charge in [0.2, 0.25) is 0 Å². The van der Waals surface area contributed by atoms with Gasteiger partial charge >= 0.3 is 0 Å². The molecule has 1 amide bonds. The molecular weight excluding hydrogens is 258 g/mol. The number of thiophene rings is 1. The minimum absolute atomic E-state index is 0.0763. The summed E-state index contributed by atoms with van der Waals surface area (Å²) in [6.45, 7) is 9.51. The molecular formula is C14H19NOSSi. The number of amides is 1. The van der Waals surface area contributed by atoms with Gasteiger partial charge in [-0.15, -0.1) is 11.3 Å². The summed E-state index contributed by atoms with van der Waals surface area (Å²) in [6.07, 6.45) is 0. The van der Waals surface area contributed by atoms with E-state index in [0.717, 1.165) is 10.9 Å². The second kappa shape index (κ2) is 4.86. The average Bonchev–Trinajstić information content (AvgIpc) is 2.68. The predicted octanol–water partition coefficient (Wildman–Crippen LogP) is 3.20. The third-order valence-corrected chi connectivity index (χ3v) is 7.58. The van der Waals surface area contributed by atoms with Crippen LogP contribution in [0.5, 0.6) is 0 Å². The van der Waals surface area contributed by atoms with E-state index in [2.05, 4.69) is 37.1 Å². The van der Waals surface area contributed by atoms with E-state index in [1.165, 1.54) is 9.20 Å². The van der Waals surface area contributed by atoms with Crippen LogP contribution in [0.25, 0.3) is 10.1 Å². The first kappa shape index (κ1) is 13.3. The van der Waals surface area contributed by atoms with E-state index in [-0.39, 0.29) is 5.91 Å². The second-order valence-electron chi connectivity index (χ2n) is 5.41. The van der Waals surface area contributed by atoms with Gasteiger partial charge in [-0.3, -0.25) is 4.79 Å². The summed E-state index contributed by atoms with van der Waals surface area (Å²) in [5.41, 5.74) is 0.914. The fourth-order valence-corrected chi connectivity index (χ4v) is 5.55. The molecule has 2 rings (SSSR count). The molecule has 1 heterocycles. The van der Waals surface area contributed by atoms with Gasteiger partial charge in [0.1, 0.15) is 0 Å². The number of hydrogen-bond acceptors (Lipinski definition) is 2. The van der Waals surface area contributed by atoms with Crippen LogP contribution in [-0.2, 0) is 0 Å². The molecule has 1 aromatic carbocycles. The zero-order valence-corrected chi connectivity index (χ0v) is 13.1. The highest BCUT2D eigenvalue weighted by atomic mass is 32.1. The van der Waals surface area contributed by atoms with Gasteiger partial charge in [0, 0.05) is 21.1 Å². The van der Waals surface area contributed by atoms with Crippen LogP contribution in [0.2, 0.25) is 19.6 Å². The van der Waals surface area contributed by atoms with Crippen molar-refractivity contribution >= 4 is 39.9 Å². The Balaban J connectivity index is 2.69. The Bertz CT molecular complexity index is 583. The molecule has 0 aliphatic heterocycles. The van der Waals surface area contributed by atoms with Crippen LogP contribution in [0.1, 0.15) is 17.3 Å². The number of fused-ring (bicyclic) bond motifs is 1. The molecule has 1 aromatic heterocycles. The second-order valence-corrected chi connectivity index (χ2v) is 11.8. The standard InChI is InChI=1S/C14H19NOSSi/c1-5-15-13(16)12-10-8-6-7-9-11(10)17-14(12)18(2,3)4/h6-9H,5H2,1-4H3,(H,15,16). The average molecular weight is 277 g/mol. The molecule has 1 N–H and O–H groups in total. The summed E-state index contributed by atoms with van der Waals surface area (Å²) in [4.78, 5) is 12.3. The quantitative estimate of drug-likeness (QED) is 0.858. The Morgan fingerprint density at radius 2 is 1.94 bits per heavy atom. The molecule has 0 saturated heterocycles. The fraction of sp³-hybridized carbons (Fsp3) is 0.357. The topological polar surface area (TPSA) is 29.1 Å². The molecule has 0 bridgehead atoms. The van der Waals surface area contributed by atoms with Crippen LogP contribution < -0.4 is 9.82 Å². The van der Waals surface area contributed by atoms with Crippen molar-refractivity contribution in [2.24, 2.45) is 0 Å². The zero-order chi connectivity index (χ0) is 13.3. The summed E-state index contributed by atoms with van der Waals surface area (Å²) in [5.74, 6) is 0.0763. The highest BCUT2D eigenvalue weighted by Crippen LogP contribution is 2.27. The third kappa shape index (κ3) is 2.35. The van der Waals surface area contributed by atoms with Crippen molar-refractivity contribution in [1.29, 1.82) is 0 Å². The molecule has 0 fully saturated rings. The van der Waals surface area contributed by atoms with Crippen LogP contribution in [-0.4, -0.2) is 20.5 Å². The van der Waals surface area contributed by atoms with Crippen molar-refractivity contribution in [3.8, 4) is 0 Å². The molecule has 0 spiro atoms. The lowest BCUT2D eigenvalue weighted by Crippen LogP contribution is -2.40.